The highest BCUT2D eigenvalue weighted by atomic mass is 32.2. The highest BCUT2D eigenvalue weighted by Gasteiger charge is 2.24. The van der Waals surface area contributed by atoms with Crippen LogP contribution in [0.15, 0.2) is 75.0 Å². The molecule has 2 aromatic carbocycles. The maximum atomic E-state index is 12.3. The molecule has 0 saturated carbocycles. The lowest BCUT2D eigenvalue weighted by Gasteiger charge is -2.10. The molecule has 0 radical (unpaired) electrons. The van der Waals surface area contributed by atoms with Crippen LogP contribution in [0.3, 0.4) is 0 Å². The number of furan rings is 1. The maximum Gasteiger partial charge on any atom is 0.371 e. The van der Waals surface area contributed by atoms with E-state index in [4.69, 9.17) is 19.0 Å². The molecule has 0 bridgehead atoms. The number of nitrogens with one attached hydrogen (secondary N) is 1. The van der Waals surface area contributed by atoms with Gasteiger partial charge in [0.2, 0.25) is 5.76 Å². The van der Waals surface area contributed by atoms with Crippen LogP contribution in [0.4, 0.5) is 5.69 Å². The predicted octanol–water partition coefficient (Wildman–Crippen LogP) is 4.46. The summed E-state index contributed by atoms with van der Waals surface area (Å²) < 4.78 is 16.3. The number of carbonyl (C=O) groups is 2. The number of aliphatic imine (C=N–C) groups is 1. The fourth-order valence-corrected chi connectivity index (χ4v) is 3.71. The quantitative estimate of drug-likeness (QED) is 0.512. The molecule has 1 saturated heterocycles. The average molecular weight is 450 g/mol. The molecule has 4 rings (SSSR count). The van der Waals surface area contributed by atoms with Gasteiger partial charge in [0, 0.05) is 0 Å². The number of carboxylic acids is 1. The minimum atomic E-state index is -1.14. The van der Waals surface area contributed by atoms with Crippen molar-refractivity contribution in [3.63, 3.8) is 0 Å². The number of hydrogen-bond acceptors (Lipinski definition) is 7. The Bertz CT molecular complexity index is 1220. The number of aromatic carboxylic acids is 1. The standard InChI is InChI=1S/C23H18N2O6S/c1-29-19-11-14(7-9-17(19)30-13-16-8-10-18(31-16)22(27)28)12-20-21(26)25-23(32-20)24-15-5-3-2-4-6-15/h2-12H,13H2,1H3,(H,27,28)(H,24,25,26). The molecular formula is C23H18N2O6S. The molecule has 1 aliphatic heterocycles. The molecule has 0 atom stereocenters. The van der Waals surface area contributed by atoms with E-state index in [1.807, 2.05) is 30.3 Å². The van der Waals surface area contributed by atoms with Gasteiger partial charge in [-0.25, -0.2) is 9.79 Å². The summed E-state index contributed by atoms with van der Waals surface area (Å²) in [6, 6.07) is 17.5. The molecule has 8 nitrogen and oxygen atoms in total. The van der Waals surface area contributed by atoms with E-state index < -0.39 is 5.97 Å². The number of nitrogens with zero attached hydrogens (tertiary/aromatic N) is 1. The second-order valence-corrected chi connectivity index (χ2v) is 7.62. The van der Waals surface area contributed by atoms with E-state index >= 15 is 0 Å². The smallest absolute Gasteiger partial charge is 0.371 e. The molecule has 1 aliphatic rings. The molecule has 1 fully saturated rings. The number of para-hydroxylation sites is 1. The summed E-state index contributed by atoms with van der Waals surface area (Å²) in [5.41, 5.74) is 1.51. The lowest BCUT2D eigenvalue weighted by Crippen LogP contribution is -2.19. The van der Waals surface area contributed by atoms with E-state index in [0.717, 1.165) is 11.3 Å². The first-order valence-electron chi connectivity index (χ1n) is 9.49. The highest BCUT2D eigenvalue weighted by molar-refractivity contribution is 8.18. The van der Waals surface area contributed by atoms with Crippen molar-refractivity contribution in [1.82, 2.24) is 5.32 Å². The summed E-state index contributed by atoms with van der Waals surface area (Å²) in [6.45, 7) is 0.0433. The van der Waals surface area contributed by atoms with Gasteiger partial charge in [0.1, 0.15) is 12.4 Å². The van der Waals surface area contributed by atoms with Crippen molar-refractivity contribution in [2.24, 2.45) is 4.99 Å². The first-order chi connectivity index (χ1) is 15.5. The zero-order valence-electron chi connectivity index (χ0n) is 16.9. The first kappa shape index (κ1) is 21.3. The average Bonchev–Trinajstić information content (AvgIpc) is 3.40. The van der Waals surface area contributed by atoms with Crippen LogP contribution >= 0.6 is 11.8 Å². The zero-order chi connectivity index (χ0) is 22.5. The third kappa shape index (κ3) is 5.01. The molecule has 0 aliphatic carbocycles. The van der Waals surface area contributed by atoms with Gasteiger partial charge in [-0.2, -0.15) is 0 Å². The first-order valence-corrected chi connectivity index (χ1v) is 10.3. The monoisotopic (exact) mass is 450 g/mol. The van der Waals surface area contributed by atoms with Crippen LogP contribution in [0.25, 0.3) is 6.08 Å². The van der Waals surface area contributed by atoms with Gasteiger partial charge in [-0.15, -0.1) is 0 Å². The van der Waals surface area contributed by atoms with Crippen LogP contribution in [0.5, 0.6) is 11.5 Å². The number of carbonyl (C=O) groups excluding carboxylic acids is 1. The predicted molar refractivity (Wildman–Crippen MR) is 120 cm³/mol. The van der Waals surface area contributed by atoms with Crippen molar-refractivity contribution >= 4 is 40.6 Å². The number of ether oxygens (including phenoxy) is 2. The van der Waals surface area contributed by atoms with E-state index in [2.05, 4.69) is 10.3 Å². The number of carboxylic acid groups (broad SMARTS) is 1. The van der Waals surface area contributed by atoms with Gasteiger partial charge in [0.05, 0.1) is 17.7 Å². The van der Waals surface area contributed by atoms with Crippen molar-refractivity contribution < 1.29 is 28.6 Å². The molecule has 1 aromatic heterocycles. The van der Waals surface area contributed by atoms with Crippen molar-refractivity contribution in [2.75, 3.05) is 7.11 Å². The number of methoxy groups -OCH3 is 1. The molecule has 9 heteroatoms. The van der Waals surface area contributed by atoms with Gasteiger partial charge in [0.25, 0.3) is 5.91 Å². The maximum absolute atomic E-state index is 12.3. The van der Waals surface area contributed by atoms with Gasteiger partial charge < -0.3 is 24.3 Å². The SMILES string of the molecule is COc1cc(C=C2SC(=Nc3ccccc3)NC2=O)ccc1OCc1ccc(C(=O)O)o1. The summed E-state index contributed by atoms with van der Waals surface area (Å²) in [4.78, 5) is 28.2. The summed E-state index contributed by atoms with van der Waals surface area (Å²) >= 11 is 1.26. The normalized spacial score (nSPS) is 15.7. The Morgan fingerprint density at radius 2 is 1.97 bits per heavy atom. The number of benzene rings is 2. The van der Waals surface area contributed by atoms with E-state index in [9.17, 15) is 9.59 Å². The van der Waals surface area contributed by atoms with Crippen LogP contribution in [0.2, 0.25) is 0 Å². The molecule has 32 heavy (non-hydrogen) atoms. The largest absolute Gasteiger partial charge is 0.493 e. The van der Waals surface area contributed by atoms with E-state index in [1.165, 1.54) is 24.9 Å². The van der Waals surface area contributed by atoms with Gasteiger partial charge in [0.15, 0.2) is 16.7 Å². The summed E-state index contributed by atoms with van der Waals surface area (Å²) in [5, 5.41) is 12.2. The zero-order valence-corrected chi connectivity index (χ0v) is 17.7. The molecule has 1 amide bonds. The number of amidine groups is 1. The Morgan fingerprint density at radius 1 is 1.16 bits per heavy atom. The summed E-state index contributed by atoms with van der Waals surface area (Å²) in [6.07, 6.45) is 1.74. The van der Waals surface area contributed by atoms with Crippen LogP contribution < -0.4 is 14.8 Å². The van der Waals surface area contributed by atoms with Gasteiger partial charge in [-0.3, -0.25) is 4.79 Å². The molecule has 2 N–H and O–H groups in total. The molecule has 3 aromatic rings. The lowest BCUT2D eigenvalue weighted by atomic mass is 10.2. The Hall–Kier alpha value is -3.98. The Balaban J connectivity index is 1.47. The molecular weight excluding hydrogens is 432 g/mol. The minimum absolute atomic E-state index is 0.0433. The van der Waals surface area contributed by atoms with Crippen molar-refractivity contribution in [2.45, 2.75) is 6.61 Å². The summed E-state index contributed by atoms with van der Waals surface area (Å²) in [7, 11) is 1.51. The lowest BCUT2D eigenvalue weighted by molar-refractivity contribution is -0.115. The summed E-state index contributed by atoms with van der Waals surface area (Å²) in [5.74, 6) is -0.225. The van der Waals surface area contributed by atoms with E-state index in [0.29, 0.717) is 27.3 Å². The van der Waals surface area contributed by atoms with Crippen LogP contribution in [-0.4, -0.2) is 29.3 Å². The van der Waals surface area contributed by atoms with Crippen molar-refractivity contribution in [3.8, 4) is 11.5 Å². The topological polar surface area (TPSA) is 110 Å². The van der Waals surface area contributed by atoms with Gasteiger partial charge in [-0.05, 0) is 59.8 Å². The van der Waals surface area contributed by atoms with Crippen LogP contribution in [0, 0.1) is 0 Å². The molecule has 0 spiro atoms. The number of thioether (sulfide) groups is 1. The van der Waals surface area contributed by atoms with Crippen LogP contribution in [-0.2, 0) is 11.4 Å². The third-order valence-corrected chi connectivity index (χ3v) is 5.28. The fraction of sp³-hybridized carbons (Fsp3) is 0.0870. The number of hydrogen-bond donors (Lipinski definition) is 2. The Kier molecular flexibility index (Phi) is 6.27. The van der Waals surface area contributed by atoms with Crippen molar-refractivity contribution in [1.29, 1.82) is 0 Å². The third-order valence-electron chi connectivity index (χ3n) is 4.37. The number of rotatable bonds is 7. The minimum Gasteiger partial charge on any atom is -0.493 e. The highest BCUT2D eigenvalue weighted by Crippen LogP contribution is 2.32. The molecule has 162 valence electrons. The van der Waals surface area contributed by atoms with E-state index in [-0.39, 0.29) is 18.3 Å². The van der Waals surface area contributed by atoms with Gasteiger partial charge >= 0.3 is 5.97 Å². The molecule has 2 heterocycles. The second kappa shape index (κ2) is 9.44. The van der Waals surface area contributed by atoms with Crippen LogP contribution in [0.1, 0.15) is 21.9 Å². The fourth-order valence-electron chi connectivity index (χ4n) is 2.86. The van der Waals surface area contributed by atoms with Gasteiger partial charge in [-0.1, -0.05) is 24.3 Å². The Morgan fingerprint density at radius 3 is 2.69 bits per heavy atom. The molecule has 0 unspecified atom stereocenters. The van der Waals surface area contributed by atoms with Crippen molar-refractivity contribution in [3.05, 3.63) is 82.7 Å². The number of amides is 1. The second-order valence-electron chi connectivity index (χ2n) is 6.59. The van der Waals surface area contributed by atoms with E-state index in [1.54, 1.807) is 30.3 Å². The Labute approximate surface area is 187 Å².